The zero-order valence-corrected chi connectivity index (χ0v) is 15.9. The van der Waals surface area contributed by atoms with E-state index >= 15 is 0 Å². The number of benzene rings is 1. The molecule has 1 fully saturated rings. The smallest absolute Gasteiger partial charge is 0.191 e. The Morgan fingerprint density at radius 1 is 1.21 bits per heavy atom. The van der Waals surface area contributed by atoms with Crippen LogP contribution in [-0.2, 0) is 0 Å². The second-order valence-electron chi connectivity index (χ2n) is 7.71. The molecule has 6 heteroatoms. The Bertz CT molecular complexity index is 1000. The molecule has 0 saturated carbocycles. The fourth-order valence-corrected chi connectivity index (χ4v) is 5.30. The van der Waals surface area contributed by atoms with Crippen molar-refractivity contribution in [3.05, 3.63) is 52.7 Å². The summed E-state index contributed by atoms with van der Waals surface area (Å²) in [7, 11) is 3.66. The van der Waals surface area contributed by atoms with Crippen molar-refractivity contribution in [3.8, 4) is 24.0 Å². The lowest BCUT2D eigenvalue weighted by molar-refractivity contribution is 0.160. The summed E-state index contributed by atoms with van der Waals surface area (Å²) in [6, 6.07) is 14.5. The normalized spacial score (nSPS) is 30.5. The van der Waals surface area contributed by atoms with Gasteiger partial charge in [0.25, 0.3) is 0 Å². The first-order chi connectivity index (χ1) is 13.5. The summed E-state index contributed by atoms with van der Waals surface area (Å²) in [5.74, 6) is 0.0273. The minimum Gasteiger partial charge on any atom is -0.497 e. The van der Waals surface area contributed by atoms with Gasteiger partial charge in [0.1, 0.15) is 11.8 Å². The highest BCUT2D eigenvalue weighted by molar-refractivity contribution is 5.60. The topological polar surface area (TPSA) is 110 Å². The Kier molecular flexibility index (Phi) is 4.15. The van der Waals surface area contributed by atoms with E-state index in [1.165, 1.54) is 0 Å². The molecular weight excluding hydrogens is 350 g/mol. The van der Waals surface area contributed by atoms with Gasteiger partial charge in [-0.25, -0.2) is 0 Å². The third-order valence-corrected chi connectivity index (χ3v) is 6.68. The number of nitrogens with zero attached hydrogens (tertiary/aromatic N) is 4. The van der Waals surface area contributed by atoms with Crippen LogP contribution in [0.3, 0.4) is 0 Å². The van der Waals surface area contributed by atoms with Crippen molar-refractivity contribution in [2.75, 3.05) is 14.2 Å². The van der Waals surface area contributed by atoms with E-state index in [1.807, 2.05) is 24.3 Å². The van der Waals surface area contributed by atoms with E-state index in [-0.39, 0.29) is 23.7 Å². The molecule has 1 saturated heterocycles. The second-order valence-corrected chi connectivity index (χ2v) is 7.71. The molecule has 2 aliphatic heterocycles. The lowest BCUT2D eigenvalue weighted by Gasteiger charge is -2.48. The summed E-state index contributed by atoms with van der Waals surface area (Å²) in [5, 5.41) is 30.1. The van der Waals surface area contributed by atoms with Crippen LogP contribution in [0.1, 0.15) is 24.3 Å². The number of allylic oxidation sites excluding steroid dienone is 2. The molecule has 0 unspecified atom stereocenters. The van der Waals surface area contributed by atoms with Crippen molar-refractivity contribution in [2.24, 2.45) is 17.1 Å². The van der Waals surface area contributed by atoms with E-state index in [1.54, 1.807) is 7.11 Å². The van der Waals surface area contributed by atoms with Gasteiger partial charge in [0.2, 0.25) is 0 Å². The van der Waals surface area contributed by atoms with Crippen molar-refractivity contribution < 1.29 is 4.74 Å². The first-order valence-corrected chi connectivity index (χ1v) is 9.33. The van der Waals surface area contributed by atoms with Crippen LogP contribution >= 0.6 is 0 Å². The Morgan fingerprint density at radius 2 is 1.96 bits per heavy atom. The van der Waals surface area contributed by atoms with Crippen molar-refractivity contribution in [3.63, 3.8) is 0 Å². The fourth-order valence-electron chi connectivity index (χ4n) is 5.30. The van der Waals surface area contributed by atoms with Gasteiger partial charge in [-0.2, -0.15) is 15.8 Å². The largest absolute Gasteiger partial charge is 0.497 e. The Balaban J connectivity index is 2.04. The number of likely N-dealkylation sites (N-methyl/N-ethyl adjacent to an activating group) is 1. The molecule has 2 N–H and O–H groups in total. The molecule has 6 nitrogen and oxygen atoms in total. The van der Waals surface area contributed by atoms with Crippen molar-refractivity contribution >= 4 is 0 Å². The molecule has 1 aliphatic carbocycles. The van der Waals surface area contributed by atoms with E-state index in [2.05, 4.69) is 36.2 Å². The molecule has 4 atom stereocenters. The summed E-state index contributed by atoms with van der Waals surface area (Å²) in [5.41, 5.74) is 6.86. The molecule has 140 valence electrons. The molecule has 2 bridgehead atoms. The Hall–Kier alpha value is -3.27. The van der Waals surface area contributed by atoms with Crippen molar-refractivity contribution in [2.45, 2.75) is 30.8 Å². The molecule has 0 amide bonds. The van der Waals surface area contributed by atoms with Crippen LogP contribution in [0.25, 0.3) is 0 Å². The molecule has 28 heavy (non-hydrogen) atoms. The number of hydrogen-bond donors (Lipinski definition) is 1. The third-order valence-electron chi connectivity index (χ3n) is 6.68. The zero-order chi connectivity index (χ0) is 20.1. The van der Waals surface area contributed by atoms with E-state index < -0.39 is 11.3 Å². The van der Waals surface area contributed by atoms with Gasteiger partial charge in [-0.1, -0.05) is 18.2 Å². The third kappa shape index (κ3) is 2.21. The van der Waals surface area contributed by atoms with E-state index in [0.29, 0.717) is 11.3 Å². The molecule has 0 spiro atoms. The van der Waals surface area contributed by atoms with Gasteiger partial charge in [0, 0.05) is 23.9 Å². The van der Waals surface area contributed by atoms with Crippen LogP contribution in [0.2, 0.25) is 0 Å². The number of rotatable bonds is 2. The highest BCUT2D eigenvalue weighted by Gasteiger charge is 2.58. The van der Waals surface area contributed by atoms with Gasteiger partial charge in [-0.15, -0.1) is 0 Å². The summed E-state index contributed by atoms with van der Waals surface area (Å²) in [6.45, 7) is 0. The van der Waals surface area contributed by atoms with Crippen molar-refractivity contribution in [1.82, 2.24) is 4.90 Å². The lowest BCUT2D eigenvalue weighted by Crippen LogP contribution is -2.51. The maximum atomic E-state index is 10.1. The standard InChI is InChI=1S/C22H21N5O/c1-27-14-6-7-18(27)19-16(9-14)17(10-23)21(26)22(11-24,12-25)20(19)13-4-3-5-15(8-13)28-2/h3-5,8-9,14,18-20H,6-7,26H2,1-2H3/t14-,18-,19-,20+/m1/s1. The Labute approximate surface area is 164 Å². The number of methoxy groups -OCH3 is 1. The Morgan fingerprint density at radius 3 is 2.61 bits per heavy atom. The van der Waals surface area contributed by atoms with Gasteiger partial charge in [-0.3, -0.25) is 4.90 Å². The van der Waals surface area contributed by atoms with Gasteiger partial charge < -0.3 is 10.5 Å². The maximum Gasteiger partial charge on any atom is 0.191 e. The predicted octanol–water partition coefficient (Wildman–Crippen LogP) is 2.58. The minimum absolute atomic E-state index is 0.0688. The summed E-state index contributed by atoms with van der Waals surface area (Å²) in [6.07, 6.45) is 4.07. The van der Waals surface area contributed by atoms with Crippen LogP contribution in [0.4, 0.5) is 0 Å². The monoisotopic (exact) mass is 371 g/mol. The first kappa shape index (κ1) is 18.1. The number of ether oxygens (including phenoxy) is 1. The summed E-state index contributed by atoms with van der Waals surface area (Å²) in [4.78, 5) is 2.30. The van der Waals surface area contributed by atoms with Crippen LogP contribution in [0.15, 0.2) is 47.2 Å². The highest BCUT2D eigenvalue weighted by Crippen LogP contribution is 2.58. The fraction of sp³-hybridized carbons (Fsp3) is 0.409. The molecule has 0 aromatic heterocycles. The molecule has 3 aliphatic rings. The van der Waals surface area contributed by atoms with Gasteiger partial charge in [-0.05, 0) is 43.2 Å². The predicted molar refractivity (Wildman–Crippen MR) is 102 cm³/mol. The van der Waals surface area contributed by atoms with Gasteiger partial charge in [0.05, 0.1) is 30.5 Å². The summed E-state index contributed by atoms with van der Waals surface area (Å²) < 4.78 is 5.38. The number of hydrogen-bond acceptors (Lipinski definition) is 6. The van der Waals surface area contributed by atoms with Crippen LogP contribution < -0.4 is 10.5 Å². The van der Waals surface area contributed by atoms with Gasteiger partial charge >= 0.3 is 0 Å². The van der Waals surface area contributed by atoms with Crippen molar-refractivity contribution in [1.29, 1.82) is 15.8 Å². The maximum absolute atomic E-state index is 10.1. The highest BCUT2D eigenvalue weighted by atomic mass is 16.5. The number of fused-ring (bicyclic) bond motifs is 4. The van der Waals surface area contributed by atoms with E-state index in [0.717, 1.165) is 24.0 Å². The average molecular weight is 371 g/mol. The summed E-state index contributed by atoms with van der Waals surface area (Å²) >= 11 is 0. The SMILES string of the molecule is COc1cccc([C@H]2[C@@H]3C(=C[C@H]4CC[C@H]3N4C)C(C#N)=C(N)C2(C#N)C#N)c1. The lowest BCUT2D eigenvalue weighted by atomic mass is 9.56. The second kappa shape index (κ2) is 6.41. The van der Waals surface area contributed by atoms with Crippen LogP contribution in [0.5, 0.6) is 5.75 Å². The average Bonchev–Trinajstić information content (AvgIpc) is 2.96. The molecular formula is C22H21N5O. The molecule has 2 heterocycles. The zero-order valence-electron chi connectivity index (χ0n) is 15.9. The van der Waals surface area contributed by atoms with Crippen LogP contribution in [0, 0.1) is 45.3 Å². The number of nitrogens with two attached hydrogens (primary N) is 1. The molecule has 4 rings (SSSR count). The van der Waals surface area contributed by atoms with E-state index in [4.69, 9.17) is 10.5 Å². The quantitative estimate of drug-likeness (QED) is 0.855. The van der Waals surface area contributed by atoms with Gasteiger partial charge in [0.15, 0.2) is 5.41 Å². The molecule has 0 radical (unpaired) electrons. The number of nitriles is 3. The minimum atomic E-state index is -1.60. The molecule has 1 aromatic rings. The van der Waals surface area contributed by atoms with E-state index in [9.17, 15) is 15.8 Å². The van der Waals surface area contributed by atoms with Crippen LogP contribution in [-0.4, -0.2) is 31.1 Å². The molecule has 1 aromatic carbocycles. The first-order valence-electron chi connectivity index (χ1n) is 9.33.